The highest BCUT2D eigenvalue weighted by Crippen LogP contribution is 2.30. The Kier molecular flexibility index (Phi) is 5.03. The summed E-state index contributed by atoms with van der Waals surface area (Å²) in [6, 6.07) is 12.9. The van der Waals surface area contributed by atoms with Crippen molar-refractivity contribution in [2.45, 2.75) is 19.3 Å². The van der Waals surface area contributed by atoms with E-state index in [-0.39, 0.29) is 5.91 Å². The first kappa shape index (κ1) is 15.7. The van der Waals surface area contributed by atoms with Crippen molar-refractivity contribution in [3.63, 3.8) is 0 Å². The average molecular weight is 332 g/mol. The zero-order valence-electron chi connectivity index (χ0n) is 12.7. The molecule has 0 unspecified atom stereocenters. The van der Waals surface area contributed by atoms with Crippen LogP contribution in [0.3, 0.4) is 0 Å². The van der Waals surface area contributed by atoms with Gasteiger partial charge in [0.1, 0.15) is 0 Å². The molecular weight excluding hydrogens is 314 g/mol. The fraction of sp³-hybridized carbons (Fsp3) is 0.278. The molecule has 1 heterocycles. The third kappa shape index (κ3) is 4.39. The summed E-state index contributed by atoms with van der Waals surface area (Å²) in [5, 5.41) is 3.51. The third-order valence-corrected chi connectivity index (χ3v) is 3.83. The van der Waals surface area contributed by atoms with Gasteiger partial charge in [-0.25, -0.2) is 0 Å². The molecule has 2 aromatic rings. The molecule has 1 N–H and O–H groups in total. The Labute approximate surface area is 140 Å². The molecule has 0 spiro atoms. The molecule has 0 aliphatic carbocycles. The Bertz CT molecular complexity index is 685. The van der Waals surface area contributed by atoms with Crippen molar-refractivity contribution in [2.75, 3.05) is 18.5 Å². The number of carbonyl (C=O) groups excluding carboxylic acids is 1. The van der Waals surface area contributed by atoms with Crippen molar-refractivity contribution >= 4 is 23.2 Å². The van der Waals surface area contributed by atoms with Gasteiger partial charge in [-0.2, -0.15) is 0 Å². The van der Waals surface area contributed by atoms with Crippen molar-refractivity contribution in [1.82, 2.24) is 0 Å². The number of amides is 1. The number of aryl methyl sites for hydroxylation is 1. The van der Waals surface area contributed by atoms with Gasteiger partial charge in [0.05, 0.1) is 13.2 Å². The number of rotatable bonds is 4. The fourth-order valence-corrected chi connectivity index (χ4v) is 2.50. The van der Waals surface area contributed by atoms with Gasteiger partial charge in [0.25, 0.3) is 0 Å². The minimum absolute atomic E-state index is 0.0283. The summed E-state index contributed by atoms with van der Waals surface area (Å²) in [5.74, 6) is 1.51. The van der Waals surface area contributed by atoms with Gasteiger partial charge in [-0.3, -0.25) is 4.79 Å². The standard InChI is InChI=1S/C18H18ClNO3/c19-14-4-6-15(7-5-14)20-18(21)9-3-13-2-8-16-17(12-13)23-11-1-10-22-16/h2,4-8,12H,1,3,9-11H2,(H,20,21). The van der Waals surface area contributed by atoms with E-state index in [2.05, 4.69) is 5.32 Å². The Morgan fingerprint density at radius 3 is 2.57 bits per heavy atom. The lowest BCUT2D eigenvalue weighted by Gasteiger charge is -2.09. The Balaban J connectivity index is 1.56. The van der Waals surface area contributed by atoms with Crippen molar-refractivity contribution in [1.29, 1.82) is 0 Å². The Morgan fingerprint density at radius 2 is 1.78 bits per heavy atom. The number of hydrogen-bond donors (Lipinski definition) is 1. The number of fused-ring (bicyclic) bond motifs is 1. The topological polar surface area (TPSA) is 47.6 Å². The summed E-state index contributed by atoms with van der Waals surface area (Å²) < 4.78 is 11.3. The quantitative estimate of drug-likeness (QED) is 0.918. The first-order chi connectivity index (χ1) is 11.2. The second-order valence-corrected chi connectivity index (χ2v) is 5.82. The maximum atomic E-state index is 12.0. The Morgan fingerprint density at radius 1 is 1.04 bits per heavy atom. The Hall–Kier alpha value is -2.20. The molecule has 0 aromatic heterocycles. The second-order valence-electron chi connectivity index (χ2n) is 5.39. The molecule has 0 saturated heterocycles. The van der Waals surface area contributed by atoms with Crippen LogP contribution >= 0.6 is 11.6 Å². The van der Waals surface area contributed by atoms with Crippen LogP contribution in [-0.2, 0) is 11.2 Å². The van der Waals surface area contributed by atoms with Crippen LogP contribution in [0, 0.1) is 0 Å². The molecule has 0 atom stereocenters. The van der Waals surface area contributed by atoms with Crippen molar-refractivity contribution in [3.05, 3.63) is 53.1 Å². The lowest BCUT2D eigenvalue weighted by molar-refractivity contribution is -0.116. The molecule has 120 valence electrons. The lowest BCUT2D eigenvalue weighted by Crippen LogP contribution is -2.12. The van der Waals surface area contributed by atoms with Crippen LogP contribution < -0.4 is 14.8 Å². The molecule has 4 nitrogen and oxygen atoms in total. The second kappa shape index (κ2) is 7.38. The molecule has 0 radical (unpaired) electrons. The molecule has 3 rings (SSSR count). The van der Waals surface area contributed by atoms with Gasteiger partial charge in [0.15, 0.2) is 11.5 Å². The van der Waals surface area contributed by atoms with Crippen molar-refractivity contribution < 1.29 is 14.3 Å². The van der Waals surface area contributed by atoms with E-state index in [9.17, 15) is 4.79 Å². The normalized spacial score (nSPS) is 13.3. The summed E-state index contributed by atoms with van der Waals surface area (Å²) in [4.78, 5) is 12.0. The van der Waals surface area contributed by atoms with Crippen LogP contribution in [-0.4, -0.2) is 19.1 Å². The van der Waals surface area contributed by atoms with Crippen LogP contribution in [0.25, 0.3) is 0 Å². The predicted molar refractivity (Wildman–Crippen MR) is 90.5 cm³/mol. The molecule has 23 heavy (non-hydrogen) atoms. The molecule has 0 saturated carbocycles. The first-order valence-corrected chi connectivity index (χ1v) is 8.02. The molecule has 0 bridgehead atoms. The number of ether oxygens (including phenoxy) is 2. The smallest absolute Gasteiger partial charge is 0.224 e. The highest BCUT2D eigenvalue weighted by molar-refractivity contribution is 6.30. The van der Waals surface area contributed by atoms with E-state index in [1.54, 1.807) is 24.3 Å². The van der Waals surface area contributed by atoms with Gasteiger partial charge < -0.3 is 14.8 Å². The van der Waals surface area contributed by atoms with Gasteiger partial charge in [0.2, 0.25) is 5.91 Å². The maximum Gasteiger partial charge on any atom is 0.224 e. The van der Waals surface area contributed by atoms with E-state index in [0.717, 1.165) is 29.2 Å². The van der Waals surface area contributed by atoms with Crippen LogP contribution in [0.15, 0.2) is 42.5 Å². The van der Waals surface area contributed by atoms with Crippen LogP contribution in [0.5, 0.6) is 11.5 Å². The molecular formula is C18H18ClNO3. The monoisotopic (exact) mass is 331 g/mol. The first-order valence-electron chi connectivity index (χ1n) is 7.65. The SMILES string of the molecule is O=C(CCc1ccc2c(c1)OCCCO2)Nc1ccc(Cl)cc1. The third-order valence-electron chi connectivity index (χ3n) is 3.58. The van der Waals surface area contributed by atoms with E-state index in [1.807, 2.05) is 18.2 Å². The zero-order valence-corrected chi connectivity index (χ0v) is 13.4. The lowest BCUT2D eigenvalue weighted by atomic mass is 10.1. The highest BCUT2D eigenvalue weighted by atomic mass is 35.5. The molecule has 1 aliphatic heterocycles. The maximum absolute atomic E-state index is 12.0. The van der Waals surface area contributed by atoms with E-state index in [1.165, 1.54) is 0 Å². The number of halogens is 1. The largest absolute Gasteiger partial charge is 0.490 e. The van der Waals surface area contributed by atoms with E-state index in [0.29, 0.717) is 31.1 Å². The van der Waals surface area contributed by atoms with Crippen LogP contribution in [0.2, 0.25) is 5.02 Å². The summed E-state index contributed by atoms with van der Waals surface area (Å²) >= 11 is 5.82. The zero-order chi connectivity index (χ0) is 16.1. The van der Waals surface area contributed by atoms with E-state index >= 15 is 0 Å². The van der Waals surface area contributed by atoms with Crippen molar-refractivity contribution in [2.24, 2.45) is 0 Å². The highest BCUT2D eigenvalue weighted by Gasteiger charge is 2.11. The van der Waals surface area contributed by atoms with Gasteiger partial charge in [-0.05, 0) is 48.4 Å². The average Bonchev–Trinajstić information content (AvgIpc) is 2.80. The number of carbonyl (C=O) groups is 1. The summed E-state index contributed by atoms with van der Waals surface area (Å²) in [6.07, 6.45) is 1.94. The number of nitrogens with one attached hydrogen (secondary N) is 1. The van der Waals surface area contributed by atoms with Gasteiger partial charge >= 0.3 is 0 Å². The number of hydrogen-bond acceptors (Lipinski definition) is 3. The molecule has 0 fully saturated rings. The minimum atomic E-state index is -0.0283. The summed E-state index contributed by atoms with van der Waals surface area (Å²) in [5.41, 5.74) is 1.80. The molecule has 1 aliphatic rings. The fourth-order valence-electron chi connectivity index (χ4n) is 2.38. The summed E-state index contributed by atoms with van der Waals surface area (Å²) in [7, 11) is 0. The van der Waals surface area contributed by atoms with Gasteiger partial charge in [0, 0.05) is 23.6 Å². The minimum Gasteiger partial charge on any atom is -0.490 e. The number of benzene rings is 2. The molecule has 5 heteroatoms. The van der Waals surface area contributed by atoms with Crippen LogP contribution in [0.1, 0.15) is 18.4 Å². The van der Waals surface area contributed by atoms with E-state index in [4.69, 9.17) is 21.1 Å². The van der Waals surface area contributed by atoms with E-state index < -0.39 is 0 Å². The van der Waals surface area contributed by atoms with Crippen molar-refractivity contribution in [3.8, 4) is 11.5 Å². The number of anilines is 1. The van der Waals surface area contributed by atoms with Gasteiger partial charge in [-0.15, -0.1) is 0 Å². The molecule has 2 aromatic carbocycles. The summed E-state index contributed by atoms with van der Waals surface area (Å²) in [6.45, 7) is 1.34. The van der Waals surface area contributed by atoms with Crippen LogP contribution in [0.4, 0.5) is 5.69 Å². The molecule has 1 amide bonds. The van der Waals surface area contributed by atoms with Gasteiger partial charge in [-0.1, -0.05) is 17.7 Å². The predicted octanol–water partition coefficient (Wildman–Crippen LogP) is 4.07.